The molecule has 31 heavy (non-hydrogen) atoms. The van der Waals surface area contributed by atoms with E-state index in [2.05, 4.69) is 16.1 Å². The average molecular weight is 422 g/mol. The number of para-hydroxylation sites is 1. The summed E-state index contributed by atoms with van der Waals surface area (Å²) in [6.45, 7) is 2.06. The molecule has 2 aromatic carbocycles. The second kappa shape index (κ2) is 8.44. The van der Waals surface area contributed by atoms with Crippen LogP contribution in [-0.4, -0.2) is 59.5 Å². The van der Waals surface area contributed by atoms with Crippen LogP contribution in [0, 0.1) is 0 Å². The molecule has 10 nitrogen and oxygen atoms in total. The number of hydrogen-bond donors (Lipinski definition) is 3. The molecule has 160 valence electrons. The Morgan fingerprint density at radius 1 is 0.903 bits per heavy atom. The van der Waals surface area contributed by atoms with Crippen molar-refractivity contribution in [1.29, 1.82) is 0 Å². The van der Waals surface area contributed by atoms with E-state index in [1.165, 1.54) is 11.8 Å². The zero-order chi connectivity index (χ0) is 22.0. The normalized spacial score (nSPS) is 18.1. The van der Waals surface area contributed by atoms with E-state index >= 15 is 0 Å². The summed E-state index contributed by atoms with van der Waals surface area (Å²) in [5, 5.41) is 6.37. The number of anilines is 3. The maximum atomic E-state index is 12.6. The highest BCUT2D eigenvalue weighted by atomic mass is 16.2. The summed E-state index contributed by atoms with van der Waals surface area (Å²) in [6, 6.07) is 16.1. The smallest absolute Gasteiger partial charge is 0.326 e. The van der Waals surface area contributed by atoms with E-state index in [1.54, 1.807) is 24.3 Å². The molecule has 0 bridgehead atoms. The number of hydrazine groups is 1. The third kappa shape index (κ3) is 4.33. The standard InChI is InChI=1S/C21H22N6O4/c1-14(28)22-15-7-9-16(10-8-15)23-18(29)13-27-20(31)19(30)26-12-11-25(21(26)24-27)17-5-3-2-4-6-17/h2-10,21,24H,11-13H2,1H3,(H,22,28)(H,23,29). The fourth-order valence-electron chi connectivity index (χ4n) is 3.61. The molecule has 2 heterocycles. The van der Waals surface area contributed by atoms with Crippen molar-refractivity contribution >= 4 is 40.7 Å². The van der Waals surface area contributed by atoms with E-state index in [1.807, 2.05) is 35.2 Å². The van der Waals surface area contributed by atoms with Crippen molar-refractivity contribution < 1.29 is 19.2 Å². The second-order valence-electron chi connectivity index (χ2n) is 7.23. The number of nitrogens with zero attached hydrogens (tertiary/aromatic N) is 3. The van der Waals surface area contributed by atoms with Crippen LogP contribution in [0.1, 0.15) is 6.92 Å². The number of rotatable bonds is 5. The largest absolute Gasteiger partial charge is 0.336 e. The number of amides is 4. The Kier molecular flexibility index (Phi) is 5.54. The molecule has 10 heteroatoms. The molecule has 2 aliphatic heterocycles. The van der Waals surface area contributed by atoms with Gasteiger partial charge < -0.3 is 15.5 Å². The van der Waals surface area contributed by atoms with Crippen LogP contribution in [0.15, 0.2) is 54.6 Å². The van der Waals surface area contributed by atoms with Crippen LogP contribution in [-0.2, 0) is 19.2 Å². The maximum Gasteiger partial charge on any atom is 0.326 e. The van der Waals surface area contributed by atoms with Crippen LogP contribution in [0.3, 0.4) is 0 Å². The van der Waals surface area contributed by atoms with Gasteiger partial charge in [0.15, 0.2) is 6.29 Å². The molecule has 2 fully saturated rings. The van der Waals surface area contributed by atoms with Gasteiger partial charge in [-0.3, -0.25) is 29.1 Å². The highest BCUT2D eigenvalue weighted by Crippen LogP contribution is 2.24. The van der Waals surface area contributed by atoms with Gasteiger partial charge in [-0.05, 0) is 36.4 Å². The van der Waals surface area contributed by atoms with Crippen molar-refractivity contribution in [3.8, 4) is 0 Å². The van der Waals surface area contributed by atoms with Gasteiger partial charge >= 0.3 is 11.8 Å². The Morgan fingerprint density at radius 3 is 2.16 bits per heavy atom. The first-order chi connectivity index (χ1) is 14.9. The van der Waals surface area contributed by atoms with Crippen molar-refractivity contribution in [3.63, 3.8) is 0 Å². The number of hydrogen-bond acceptors (Lipinski definition) is 6. The molecular formula is C21H22N6O4. The lowest BCUT2D eigenvalue weighted by molar-refractivity contribution is -0.163. The predicted molar refractivity (Wildman–Crippen MR) is 114 cm³/mol. The topological polar surface area (TPSA) is 114 Å². The Bertz CT molecular complexity index is 1010. The zero-order valence-corrected chi connectivity index (χ0v) is 16.9. The molecule has 1 unspecified atom stereocenters. The Labute approximate surface area is 178 Å². The van der Waals surface area contributed by atoms with Crippen molar-refractivity contribution in [2.24, 2.45) is 0 Å². The summed E-state index contributed by atoms with van der Waals surface area (Å²) in [6.07, 6.45) is -0.544. The first-order valence-corrected chi connectivity index (χ1v) is 9.80. The van der Waals surface area contributed by atoms with Gasteiger partial charge in [0.2, 0.25) is 11.8 Å². The van der Waals surface area contributed by atoms with E-state index in [4.69, 9.17) is 0 Å². The van der Waals surface area contributed by atoms with Gasteiger partial charge in [-0.2, -0.15) is 5.43 Å². The van der Waals surface area contributed by atoms with E-state index in [0.29, 0.717) is 24.5 Å². The number of fused-ring (bicyclic) bond motifs is 1. The SMILES string of the molecule is CC(=O)Nc1ccc(NC(=O)CN2NC3N(CCN3c3ccccc3)C(=O)C2=O)cc1. The molecule has 2 saturated heterocycles. The number of carbonyl (C=O) groups is 4. The molecular weight excluding hydrogens is 400 g/mol. The molecule has 4 amide bonds. The third-order valence-corrected chi connectivity index (χ3v) is 5.01. The van der Waals surface area contributed by atoms with Gasteiger partial charge in [-0.15, -0.1) is 0 Å². The van der Waals surface area contributed by atoms with Crippen LogP contribution in [0.4, 0.5) is 17.1 Å². The summed E-state index contributed by atoms with van der Waals surface area (Å²) in [7, 11) is 0. The predicted octanol–water partition coefficient (Wildman–Crippen LogP) is 0.563. The molecule has 2 aromatic rings. The van der Waals surface area contributed by atoms with Crippen molar-refractivity contribution in [2.45, 2.75) is 13.2 Å². The molecule has 4 rings (SSSR count). The monoisotopic (exact) mass is 422 g/mol. The molecule has 0 aromatic heterocycles. The highest BCUT2D eigenvalue weighted by Gasteiger charge is 2.45. The van der Waals surface area contributed by atoms with Crippen LogP contribution >= 0.6 is 0 Å². The first-order valence-electron chi connectivity index (χ1n) is 9.80. The van der Waals surface area contributed by atoms with Crippen molar-refractivity contribution in [2.75, 3.05) is 35.2 Å². The quantitative estimate of drug-likeness (QED) is 0.607. The van der Waals surface area contributed by atoms with Crippen LogP contribution in [0.25, 0.3) is 0 Å². The summed E-state index contributed by atoms with van der Waals surface area (Å²) in [5.41, 5.74) is 5.01. The maximum absolute atomic E-state index is 12.6. The van der Waals surface area contributed by atoms with Crippen LogP contribution in [0.5, 0.6) is 0 Å². The minimum absolute atomic E-state index is 0.193. The van der Waals surface area contributed by atoms with Crippen LogP contribution < -0.4 is 21.0 Å². The van der Waals surface area contributed by atoms with Gasteiger partial charge in [0, 0.05) is 37.1 Å². The molecule has 0 saturated carbocycles. The number of nitrogens with one attached hydrogen (secondary N) is 3. The lowest BCUT2D eigenvalue weighted by atomic mass is 10.2. The highest BCUT2D eigenvalue weighted by molar-refractivity contribution is 6.35. The fraction of sp³-hybridized carbons (Fsp3) is 0.238. The second-order valence-corrected chi connectivity index (χ2v) is 7.23. The molecule has 0 spiro atoms. The molecule has 3 N–H and O–H groups in total. The number of benzene rings is 2. The van der Waals surface area contributed by atoms with Gasteiger partial charge in [0.25, 0.3) is 0 Å². The van der Waals surface area contributed by atoms with Crippen molar-refractivity contribution in [1.82, 2.24) is 15.3 Å². The minimum Gasteiger partial charge on any atom is -0.336 e. The summed E-state index contributed by atoms with van der Waals surface area (Å²) in [5.74, 6) is -2.07. The lowest BCUT2D eigenvalue weighted by Crippen LogP contribution is -2.68. The van der Waals surface area contributed by atoms with E-state index in [0.717, 1.165) is 10.7 Å². The summed E-state index contributed by atoms with van der Waals surface area (Å²) >= 11 is 0. The molecule has 0 aliphatic carbocycles. The van der Waals surface area contributed by atoms with E-state index < -0.39 is 24.0 Å². The molecule has 1 atom stereocenters. The third-order valence-electron chi connectivity index (χ3n) is 5.01. The zero-order valence-electron chi connectivity index (χ0n) is 16.9. The Morgan fingerprint density at radius 2 is 1.52 bits per heavy atom. The minimum atomic E-state index is -0.776. The van der Waals surface area contributed by atoms with Crippen LogP contribution in [0.2, 0.25) is 0 Å². The van der Waals surface area contributed by atoms with E-state index in [9.17, 15) is 19.2 Å². The molecule has 2 aliphatic rings. The van der Waals surface area contributed by atoms with E-state index in [-0.39, 0.29) is 12.5 Å². The van der Waals surface area contributed by atoms with Gasteiger partial charge in [0.05, 0.1) is 0 Å². The van der Waals surface area contributed by atoms with Gasteiger partial charge in [-0.1, -0.05) is 18.2 Å². The van der Waals surface area contributed by atoms with Gasteiger partial charge in [0.1, 0.15) is 6.54 Å². The molecule has 0 radical (unpaired) electrons. The number of carbonyl (C=O) groups excluding carboxylic acids is 4. The Balaban J connectivity index is 1.42. The Hall–Kier alpha value is -3.92. The van der Waals surface area contributed by atoms with Gasteiger partial charge in [-0.25, -0.2) is 0 Å². The van der Waals surface area contributed by atoms with Crippen molar-refractivity contribution in [3.05, 3.63) is 54.6 Å². The summed E-state index contributed by atoms with van der Waals surface area (Å²) in [4.78, 5) is 52.0. The lowest BCUT2D eigenvalue weighted by Gasteiger charge is -2.40. The average Bonchev–Trinajstić information content (AvgIpc) is 3.17. The fourth-order valence-corrected chi connectivity index (χ4v) is 3.61. The first kappa shape index (κ1) is 20.4. The summed E-state index contributed by atoms with van der Waals surface area (Å²) < 4.78 is 0.